The van der Waals surface area contributed by atoms with Gasteiger partial charge in [-0.3, -0.25) is 0 Å². The quantitative estimate of drug-likeness (QED) is 0.393. The van der Waals surface area contributed by atoms with Crippen LogP contribution in [0.15, 0.2) is 58.7 Å². The summed E-state index contributed by atoms with van der Waals surface area (Å²) in [6, 6.07) is 6.15. The number of rotatable bonds is 7. The molecule has 0 bridgehead atoms. The Morgan fingerprint density at radius 3 is 2.08 bits per heavy atom. The molecule has 2 aromatic carbocycles. The van der Waals surface area contributed by atoms with Crippen molar-refractivity contribution in [2.75, 3.05) is 14.2 Å². The Hall–Kier alpha value is -3.33. The van der Waals surface area contributed by atoms with Gasteiger partial charge in [-0.25, -0.2) is 13.2 Å². The third-order valence-electron chi connectivity index (χ3n) is 5.32. The van der Waals surface area contributed by atoms with Crippen molar-refractivity contribution in [3.05, 3.63) is 64.9 Å². The molecule has 0 aliphatic carbocycles. The molecule has 0 fully saturated rings. The summed E-state index contributed by atoms with van der Waals surface area (Å²) in [5.74, 6) is -18.5. The second-order valence-electron chi connectivity index (χ2n) is 7.73. The predicted octanol–water partition coefficient (Wildman–Crippen LogP) is 4.68. The van der Waals surface area contributed by atoms with E-state index in [1.54, 1.807) is 6.92 Å². The third-order valence-corrected chi connectivity index (χ3v) is 6.76. The minimum absolute atomic E-state index is 0.398. The molecule has 1 aliphatic rings. The van der Waals surface area contributed by atoms with E-state index in [0.29, 0.717) is 12.7 Å². The van der Waals surface area contributed by atoms with Crippen LogP contribution in [0.1, 0.15) is 17.2 Å². The SMILES string of the molecule is COC(=O)C1=C(C(F)(F)C(F)(F)C(F)(F)F)Oc2c(OC)cccc2C1NS(=O)(=O)c1ccc(C)cc1. The molecule has 0 saturated heterocycles. The second kappa shape index (κ2) is 9.52. The zero-order chi connectivity index (χ0) is 28.0. The largest absolute Gasteiger partial charge is 0.493 e. The molecule has 1 N–H and O–H groups in total. The molecular formula is C22H18F7NO6S. The Kier molecular flexibility index (Phi) is 7.27. The molecular weight excluding hydrogens is 539 g/mol. The number of halogens is 7. The van der Waals surface area contributed by atoms with Gasteiger partial charge in [0.1, 0.15) is 5.57 Å². The molecule has 3 rings (SSSR count). The summed E-state index contributed by atoms with van der Waals surface area (Å²) in [4.78, 5) is 12.1. The number of ether oxygens (including phenoxy) is 3. The van der Waals surface area contributed by atoms with Crippen molar-refractivity contribution in [2.24, 2.45) is 0 Å². The van der Waals surface area contributed by atoms with Crippen LogP contribution in [-0.4, -0.2) is 46.6 Å². The molecule has 7 nitrogen and oxygen atoms in total. The van der Waals surface area contributed by atoms with E-state index in [1.165, 1.54) is 18.2 Å². The Bertz CT molecular complexity index is 1340. The Labute approximate surface area is 205 Å². The first-order valence-corrected chi connectivity index (χ1v) is 11.6. The van der Waals surface area contributed by atoms with Crippen LogP contribution in [-0.2, 0) is 19.6 Å². The van der Waals surface area contributed by atoms with Crippen LogP contribution in [0.2, 0.25) is 0 Å². The summed E-state index contributed by atoms with van der Waals surface area (Å²) >= 11 is 0. The number of esters is 1. The fourth-order valence-corrected chi connectivity index (χ4v) is 4.60. The number of alkyl halides is 7. The number of methoxy groups -OCH3 is 2. The lowest BCUT2D eigenvalue weighted by Gasteiger charge is -2.36. The highest BCUT2D eigenvalue weighted by atomic mass is 32.2. The van der Waals surface area contributed by atoms with E-state index in [9.17, 15) is 43.9 Å². The molecule has 1 unspecified atom stereocenters. The van der Waals surface area contributed by atoms with Gasteiger partial charge in [-0.05, 0) is 25.1 Å². The number of aryl methyl sites for hydroxylation is 1. The number of fused-ring (bicyclic) bond motifs is 1. The topological polar surface area (TPSA) is 90.9 Å². The van der Waals surface area contributed by atoms with Crippen LogP contribution in [0, 0.1) is 6.92 Å². The molecule has 1 heterocycles. The van der Waals surface area contributed by atoms with E-state index in [0.717, 1.165) is 31.4 Å². The number of para-hydroxylation sites is 1. The fourth-order valence-electron chi connectivity index (χ4n) is 3.41. The lowest BCUT2D eigenvalue weighted by atomic mass is 9.91. The molecule has 0 radical (unpaired) electrons. The smallest absolute Gasteiger partial charge is 0.460 e. The minimum Gasteiger partial charge on any atom is -0.493 e. The maximum atomic E-state index is 15.0. The number of hydrogen-bond donors (Lipinski definition) is 1. The summed E-state index contributed by atoms with van der Waals surface area (Å²) in [7, 11) is -3.06. The lowest BCUT2D eigenvalue weighted by Crippen LogP contribution is -2.55. The van der Waals surface area contributed by atoms with Crippen molar-refractivity contribution >= 4 is 16.0 Å². The molecule has 1 aliphatic heterocycles. The average molecular weight is 557 g/mol. The molecule has 0 aromatic heterocycles. The van der Waals surface area contributed by atoms with Crippen LogP contribution in [0.4, 0.5) is 30.7 Å². The molecule has 1 atom stereocenters. The number of carbonyl (C=O) groups is 1. The Balaban J connectivity index is 2.35. The Morgan fingerprint density at radius 1 is 0.973 bits per heavy atom. The van der Waals surface area contributed by atoms with Crippen LogP contribution < -0.4 is 14.2 Å². The maximum Gasteiger partial charge on any atom is 0.460 e. The summed E-state index contributed by atoms with van der Waals surface area (Å²) in [6.07, 6.45) is -6.79. The van der Waals surface area contributed by atoms with Crippen LogP contribution in [0.3, 0.4) is 0 Å². The monoisotopic (exact) mass is 557 g/mol. The number of allylic oxidation sites excluding steroid dienone is 1. The first-order valence-electron chi connectivity index (χ1n) is 10.1. The summed E-state index contributed by atoms with van der Waals surface area (Å²) in [6.45, 7) is 1.64. The predicted molar refractivity (Wildman–Crippen MR) is 113 cm³/mol. The van der Waals surface area contributed by atoms with Gasteiger partial charge in [0.15, 0.2) is 17.3 Å². The summed E-state index contributed by atoms with van der Waals surface area (Å²) < 4.78 is 139. The molecule has 37 heavy (non-hydrogen) atoms. The van der Waals surface area contributed by atoms with Crippen LogP contribution >= 0.6 is 0 Å². The molecule has 202 valence electrons. The van der Waals surface area contributed by atoms with Gasteiger partial charge in [0, 0.05) is 5.56 Å². The van der Waals surface area contributed by atoms with Gasteiger partial charge in [0.05, 0.1) is 25.2 Å². The van der Waals surface area contributed by atoms with Crippen molar-refractivity contribution in [3.63, 3.8) is 0 Å². The van der Waals surface area contributed by atoms with Gasteiger partial charge >= 0.3 is 24.0 Å². The van der Waals surface area contributed by atoms with E-state index in [2.05, 4.69) is 4.74 Å². The molecule has 0 saturated carbocycles. The van der Waals surface area contributed by atoms with E-state index >= 15 is 0 Å². The molecule has 15 heteroatoms. The standard InChI is InChI=1S/C22H18F7NO6S/c1-11-7-9-12(10-8-11)37(32,33)30-16-13-5-4-6-14(34-2)17(13)36-18(15(16)19(31)35-3)20(23,24)21(25,26)22(27,28)29/h4-10,16,30H,1-3H3. The van der Waals surface area contributed by atoms with Crippen molar-refractivity contribution in [1.82, 2.24) is 4.72 Å². The number of benzene rings is 2. The average Bonchev–Trinajstić information content (AvgIpc) is 2.82. The van der Waals surface area contributed by atoms with Gasteiger partial charge < -0.3 is 14.2 Å². The highest BCUT2D eigenvalue weighted by Gasteiger charge is 2.76. The van der Waals surface area contributed by atoms with E-state index in [1.807, 2.05) is 4.72 Å². The normalized spacial score (nSPS) is 16.6. The molecule has 2 aromatic rings. The minimum atomic E-state index is -6.79. The molecule has 0 amide bonds. The number of hydrogen-bond acceptors (Lipinski definition) is 6. The highest BCUT2D eigenvalue weighted by Crippen LogP contribution is 2.55. The van der Waals surface area contributed by atoms with Crippen molar-refractivity contribution in [1.29, 1.82) is 0 Å². The van der Waals surface area contributed by atoms with E-state index < -0.39 is 73.3 Å². The molecule has 0 spiro atoms. The van der Waals surface area contributed by atoms with Gasteiger partial charge in [-0.2, -0.15) is 35.5 Å². The second-order valence-corrected chi connectivity index (χ2v) is 9.44. The van der Waals surface area contributed by atoms with Gasteiger partial charge in [0.2, 0.25) is 10.0 Å². The number of carbonyl (C=O) groups excluding carboxylic acids is 1. The lowest BCUT2D eigenvalue weighted by molar-refractivity contribution is -0.349. The Morgan fingerprint density at radius 2 is 1.57 bits per heavy atom. The maximum absolute atomic E-state index is 15.0. The van der Waals surface area contributed by atoms with Crippen LogP contribution in [0.25, 0.3) is 0 Å². The van der Waals surface area contributed by atoms with Crippen molar-refractivity contribution < 1.29 is 58.2 Å². The fraction of sp³-hybridized carbons (Fsp3) is 0.318. The van der Waals surface area contributed by atoms with E-state index in [-0.39, 0.29) is 0 Å². The number of nitrogens with one attached hydrogen (secondary N) is 1. The first kappa shape index (κ1) is 28.2. The van der Waals surface area contributed by atoms with Gasteiger partial charge in [0.25, 0.3) is 0 Å². The summed E-state index contributed by atoms with van der Waals surface area (Å²) in [5.41, 5.74) is -1.37. The van der Waals surface area contributed by atoms with Crippen LogP contribution in [0.5, 0.6) is 11.5 Å². The summed E-state index contributed by atoms with van der Waals surface area (Å²) in [5, 5.41) is 0. The highest BCUT2D eigenvalue weighted by molar-refractivity contribution is 7.89. The first-order chi connectivity index (χ1) is 17.0. The van der Waals surface area contributed by atoms with Gasteiger partial charge in [-0.15, -0.1) is 0 Å². The van der Waals surface area contributed by atoms with Gasteiger partial charge in [-0.1, -0.05) is 29.8 Å². The zero-order valence-electron chi connectivity index (χ0n) is 19.1. The van der Waals surface area contributed by atoms with E-state index in [4.69, 9.17) is 9.47 Å². The van der Waals surface area contributed by atoms with Crippen molar-refractivity contribution in [2.45, 2.75) is 35.9 Å². The number of sulfonamides is 1. The zero-order valence-corrected chi connectivity index (χ0v) is 19.9. The van der Waals surface area contributed by atoms with Crippen molar-refractivity contribution in [3.8, 4) is 11.5 Å². The third kappa shape index (κ3) is 4.84.